The molecule has 2 aromatic heterocycles. The zero-order chi connectivity index (χ0) is 21.6. The molecular weight excluding hydrogens is 449 g/mol. The zero-order valence-corrected chi connectivity index (χ0v) is 17.8. The summed E-state index contributed by atoms with van der Waals surface area (Å²) in [7, 11) is -2.57. The van der Waals surface area contributed by atoms with Crippen molar-refractivity contribution in [3.05, 3.63) is 70.1 Å². The first kappa shape index (κ1) is 20.7. The van der Waals surface area contributed by atoms with Crippen LogP contribution in [0.5, 0.6) is 0 Å². The first-order chi connectivity index (χ1) is 14.1. The molecule has 30 heavy (non-hydrogen) atoms. The minimum Gasteiger partial charge on any atom is -0.319 e. The van der Waals surface area contributed by atoms with E-state index in [2.05, 4.69) is 15.1 Å². The van der Waals surface area contributed by atoms with Gasteiger partial charge in [-0.15, -0.1) is 0 Å². The van der Waals surface area contributed by atoms with Crippen LogP contribution in [0, 0.1) is 0 Å². The van der Waals surface area contributed by atoms with Crippen molar-refractivity contribution in [1.29, 1.82) is 0 Å². The molecule has 0 aliphatic carbocycles. The first-order valence-corrected chi connectivity index (χ1v) is 10.8. The third-order valence-electron chi connectivity index (χ3n) is 4.63. The van der Waals surface area contributed by atoms with Gasteiger partial charge < -0.3 is 5.73 Å². The summed E-state index contributed by atoms with van der Waals surface area (Å²) in [6.45, 7) is 0. The first-order valence-electron chi connectivity index (χ1n) is 8.64. The standard InChI is InChI=1S/C19H15Cl2N5O3S/c1-26-18-14(16(25-26)11-2-6-12(20)7-3-11)17(23-19(21)24-18)15(22)10-4-8-13(9-5-10)30(27,28)29/h2-9,15H,22H2,1H3,(H,27,28,29). The fourth-order valence-electron chi connectivity index (χ4n) is 3.19. The number of halogens is 2. The van der Waals surface area contributed by atoms with Gasteiger partial charge in [0.05, 0.1) is 22.0 Å². The predicted molar refractivity (Wildman–Crippen MR) is 114 cm³/mol. The van der Waals surface area contributed by atoms with Crippen LogP contribution in [0.1, 0.15) is 17.3 Å². The van der Waals surface area contributed by atoms with Crippen LogP contribution in [0.15, 0.2) is 53.4 Å². The normalized spacial score (nSPS) is 13.0. The van der Waals surface area contributed by atoms with Gasteiger partial charge in [-0.1, -0.05) is 35.9 Å². The molecule has 0 saturated heterocycles. The minimum absolute atomic E-state index is 0.00756. The topological polar surface area (TPSA) is 124 Å². The maximum Gasteiger partial charge on any atom is 0.294 e. The van der Waals surface area contributed by atoms with E-state index in [-0.39, 0.29) is 10.2 Å². The number of nitrogens with two attached hydrogens (primary N) is 1. The van der Waals surface area contributed by atoms with Crippen molar-refractivity contribution in [3.8, 4) is 11.3 Å². The van der Waals surface area contributed by atoms with Crippen LogP contribution < -0.4 is 5.73 Å². The molecule has 2 aromatic carbocycles. The lowest BCUT2D eigenvalue weighted by Gasteiger charge is -2.14. The summed E-state index contributed by atoms with van der Waals surface area (Å²) in [6, 6.07) is 12.0. The van der Waals surface area contributed by atoms with Gasteiger partial charge in [0.1, 0.15) is 5.69 Å². The molecule has 4 rings (SSSR count). The lowest BCUT2D eigenvalue weighted by atomic mass is 9.99. The molecular formula is C19H15Cl2N5O3S. The Kier molecular flexibility index (Phi) is 5.25. The van der Waals surface area contributed by atoms with Crippen LogP contribution in [0.4, 0.5) is 0 Å². The van der Waals surface area contributed by atoms with Gasteiger partial charge in [-0.2, -0.15) is 18.5 Å². The monoisotopic (exact) mass is 463 g/mol. The van der Waals surface area contributed by atoms with E-state index in [9.17, 15) is 13.0 Å². The third kappa shape index (κ3) is 3.78. The number of aryl methyl sites for hydroxylation is 1. The van der Waals surface area contributed by atoms with Gasteiger partial charge >= 0.3 is 0 Å². The third-order valence-corrected chi connectivity index (χ3v) is 5.92. The van der Waals surface area contributed by atoms with Gasteiger partial charge in [0.15, 0.2) is 5.65 Å². The van der Waals surface area contributed by atoms with Crippen LogP contribution in [-0.4, -0.2) is 32.7 Å². The number of hydrogen-bond donors (Lipinski definition) is 2. The highest BCUT2D eigenvalue weighted by Gasteiger charge is 2.23. The lowest BCUT2D eigenvalue weighted by Crippen LogP contribution is -2.15. The number of fused-ring (bicyclic) bond motifs is 1. The molecule has 0 radical (unpaired) electrons. The SMILES string of the molecule is Cn1nc(-c2ccc(Cl)cc2)c2c(C(N)c3ccc(S(=O)(=O)O)cc3)nc(Cl)nc21. The Bertz CT molecular complexity index is 1350. The van der Waals surface area contributed by atoms with Gasteiger partial charge in [-0.3, -0.25) is 4.55 Å². The molecule has 3 N–H and O–H groups in total. The maximum absolute atomic E-state index is 11.3. The number of nitrogens with zero attached hydrogens (tertiary/aromatic N) is 4. The molecule has 1 atom stereocenters. The smallest absolute Gasteiger partial charge is 0.294 e. The largest absolute Gasteiger partial charge is 0.319 e. The van der Waals surface area contributed by atoms with Crippen molar-refractivity contribution in [2.75, 3.05) is 0 Å². The Morgan fingerprint density at radius 2 is 1.67 bits per heavy atom. The summed E-state index contributed by atoms with van der Waals surface area (Å²) < 4.78 is 33.4. The second-order valence-electron chi connectivity index (χ2n) is 6.58. The van der Waals surface area contributed by atoms with E-state index in [1.54, 1.807) is 23.9 Å². The van der Waals surface area contributed by atoms with E-state index in [1.165, 1.54) is 24.3 Å². The van der Waals surface area contributed by atoms with Crippen molar-refractivity contribution in [1.82, 2.24) is 19.7 Å². The summed E-state index contributed by atoms with van der Waals surface area (Å²) in [5.74, 6) is 0. The molecule has 8 nitrogen and oxygen atoms in total. The van der Waals surface area contributed by atoms with Crippen molar-refractivity contribution < 1.29 is 13.0 Å². The number of benzene rings is 2. The summed E-state index contributed by atoms with van der Waals surface area (Å²) in [5, 5.41) is 5.78. The zero-order valence-electron chi connectivity index (χ0n) is 15.5. The van der Waals surface area contributed by atoms with Crippen molar-refractivity contribution in [2.24, 2.45) is 12.8 Å². The quantitative estimate of drug-likeness (QED) is 0.349. The van der Waals surface area contributed by atoms with E-state index in [0.29, 0.717) is 33.0 Å². The predicted octanol–water partition coefficient (Wildman–Crippen LogP) is 3.63. The van der Waals surface area contributed by atoms with Gasteiger partial charge in [0, 0.05) is 17.6 Å². The molecule has 11 heteroatoms. The number of aromatic nitrogens is 4. The summed E-state index contributed by atoms with van der Waals surface area (Å²) >= 11 is 12.1. The average Bonchev–Trinajstić information content (AvgIpc) is 3.03. The average molecular weight is 464 g/mol. The second-order valence-corrected chi connectivity index (χ2v) is 8.77. The molecule has 0 fully saturated rings. The Balaban J connectivity index is 1.90. The van der Waals surface area contributed by atoms with Crippen LogP contribution in [0.2, 0.25) is 10.3 Å². The molecule has 0 aliphatic heterocycles. The Hall–Kier alpha value is -2.56. The van der Waals surface area contributed by atoms with Gasteiger partial charge in [-0.05, 0) is 41.4 Å². The summed E-state index contributed by atoms with van der Waals surface area (Å²) in [5.41, 5.74) is 9.39. The van der Waals surface area contributed by atoms with E-state index in [4.69, 9.17) is 28.9 Å². The Labute approximate surface area is 182 Å². The molecule has 4 aromatic rings. The molecule has 0 amide bonds. The van der Waals surface area contributed by atoms with Crippen molar-refractivity contribution >= 4 is 44.4 Å². The van der Waals surface area contributed by atoms with Gasteiger partial charge in [0.25, 0.3) is 10.1 Å². The van der Waals surface area contributed by atoms with Crippen LogP contribution >= 0.6 is 23.2 Å². The molecule has 154 valence electrons. The molecule has 0 spiro atoms. The van der Waals surface area contributed by atoms with Gasteiger partial charge in [0.2, 0.25) is 5.28 Å². The highest BCUT2D eigenvalue weighted by molar-refractivity contribution is 7.85. The highest BCUT2D eigenvalue weighted by Crippen LogP contribution is 2.34. The number of hydrogen-bond acceptors (Lipinski definition) is 6. The number of rotatable bonds is 4. The molecule has 0 aliphatic rings. The van der Waals surface area contributed by atoms with Crippen LogP contribution in [0.25, 0.3) is 22.3 Å². The van der Waals surface area contributed by atoms with Crippen molar-refractivity contribution in [3.63, 3.8) is 0 Å². The molecule has 0 bridgehead atoms. The van der Waals surface area contributed by atoms with Gasteiger partial charge in [-0.25, -0.2) is 9.67 Å². The van der Waals surface area contributed by atoms with E-state index >= 15 is 0 Å². The fourth-order valence-corrected chi connectivity index (χ4v) is 3.96. The highest BCUT2D eigenvalue weighted by atomic mass is 35.5. The minimum atomic E-state index is -4.31. The Morgan fingerprint density at radius 1 is 1.03 bits per heavy atom. The van der Waals surface area contributed by atoms with E-state index < -0.39 is 16.2 Å². The molecule has 0 saturated carbocycles. The van der Waals surface area contributed by atoms with Crippen molar-refractivity contribution in [2.45, 2.75) is 10.9 Å². The molecule has 2 heterocycles. The summed E-state index contributed by atoms with van der Waals surface area (Å²) in [6.07, 6.45) is 0. The van der Waals surface area contributed by atoms with E-state index in [0.717, 1.165) is 5.56 Å². The lowest BCUT2D eigenvalue weighted by molar-refractivity contribution is 0.483. The van der Waals surface area contributed by atoms with Crippen LogP contribution in [-0.2, 0) is 17.2 Å². The summed E-state index contributed by atoms with van der Waals surface area (Å²) in [4.78, 5) is 8.40. The van der Waals surface area contributed by atoms with Crippen LogP contribution in [0.3, 0.4) is 0 Å². The van der Waals surface area contributed by atoms with E-state index in [1.807, 2.05) is 12.1 Å². The fraction of sp³-hybridized carbons (Fsp3) is 0.105. The second kappa shape index (κ2) is 7.60. The maximum atomic E-state index is 11.3. The molecule has 1 unspecified atom stereocenters. The Morgan fingerprint density at radius 3 is 2.27 bits per heavy atom.